The standard InChI is InChI=1S/C17H19N3O/c1-4-15-19-13(10-16(20-15)18-5-2)14-9-12-8-6-7-11(3)17(12)21-14/h6-10H,4-5H2,1-3H3,(H,18,19,20). The molecule has 1 aromatic carbocycles. The first kappa shape index (κ1) is 13.6. The minimum Gasteiger partial charge on any atom is -0.454 e. The van der Waals surface area contributed by atoms with Crippen molar-refractivity contribution in [3.63, 3.8) is 0 Å². The van der Waals surface area contributed by atoms with E-state index in [1.165, 1.54) is 0 Å². The van der Waals surface area contributed by atoms with Crippen LogP contribution in [0.15, 0.2) is 34.7 Å². The van der Waals surface area contributed by atoms with Crippen LogP contribution in [0.5, 0.6) is 0 Å². The van der Waals surface area contributed by atoms with Crippen LogP contribution in [0.25, 0.3) is 22.4 Å². The van der Waals surface area contributed by atoms with E-state index in [4.69, 9.17) is 4.42 Å². The second kappa shape index (κ2) is 5.56. The number of rotatable bonds is 4. The fraction of sp³-hybridized carbons (Fsp3) is 0.294. The fourth-order valence-electron chi connectivity index (χ4n) is 2.39. The monoisotopic (exact) mass is 281 g/mol. The van der Waals surface area contributed by atoms with Crippen molar-refractivity contribution in [3.05, 3.63) is 41.7 Å². The van der Waals surface area contributed by atoms with Crippen molar-refractivity contribution in [2.75, 3.05) is 11.9 Å². The minimum atomic E-state index is 0.788. The number of benzene rings is 1. The maximum absolute atomic E-state index is 6.00. The largest absolute Gasteiger partial charge is 0.454 e. The first-order chi connectivity index (χ1) is 10.2. The van der Waals surface area contributed by atoms with Crippen LogP contribution in [-0.2, 0) is 6.42 Å². The van der Waals surface area contributed by atoms with Crippen molar-refractivity contribution < 1.29 is 4.42 Å². The summed E-state index contributed by atoms with van der Waals surface area (Å²) in [6.07, 6.45) is 0.797. The van der Waals surface area contributed by atoms with Gasteiger partial charge in [0.05, 0.1) is 0 Å². The van der Waals surface area contributed by atoms with Crippen molar-refractivity contribution >= 4 is 16.8 Å². The highest BCUT2D eigenvalue weighted by atomic mass is 16.3. The number of fused-ring (bicyclic) bond motifs is 1. The molecule has 0 aliphatic heterocycles. The van der Waals surface area contributed by atoms with Crippen LogP contribution in [0.4, 0.5) is 5.82 Å². The maximum Gasteiger partial charge on any atom is 0.154 e. The first-order valence-corrected chi connectivity index (χ1v) is 7.32. The van der Waals surface area contributed by atoms with Gasteiger partial charge in [-0.15, -0.1) is 0 Å². The molecule has 21 heavy (non-hydrogen) atoms. The molecule has 1 N–H and O–H groups in total. The topological polar surface area (TPSA) is 51.0 Å². The van der Waals surface area contributed by atoms with E-state index in [9.17, 15) is 0 Å². The van der Waals surface area contributed by atoms with Crippen LogP contribution in [0.2, 0.25) is 0 Å². The average molecular weight is 281 g/mol. The zero-order valence-electron chi connectivity index (χ0n) is 12.6. The van der Waals surface area contributed by atoms with Crippen LogP contribution in [-0.4, -0.2) is 16.5 Å². The molecule has 0 spiro atoms. The fourth-order valence-corrected chi connectivity index (χ4v) is 2.39. The number of hydrogen-bond donors (Lipinski definition) is 1. The van der Waals surface area contributed by atoms with Crippen LogP contribution in [0.3, 0.4) is 0 Å². The highest BCUT2D eigenvalue weighted by Gasteiger charge is 2.11. The Labute approximate surface area is 124 Å². The third kappa shape index (κ3) is 2.61. The molecule has 2 aromatic heterocycles. The molecule has 4 heteroatoms. The van der Waals surface area contributed by atoms with Gasteiger partial charge >= 0.3 is 0 Å². The summed E-state index contributed by atoms with van der Waals surface area (Å²) < 4.78 is 6.00. The number of nitrogens with one attached hydrogen (secondary N) is 1. The molecule has 2 heterocycles. The van der Waals surface area contributed by atoms with E-state index in [2.05, 4.69) is 48.2 Å². The average Bonchev–Trinajstić information content (AvgIpc) is 2.93. The summed E-state index contributed by atoms with van der Waals surface area (Å²) in [5.41, 5.74) is 2.89. The van der Waals surface area contributed by atoms with Crippen molar-refractivity contribution in [2.45, 2.75) is 27.2 Å². The van der Waals surface area contributed by atoms with Gasteiger partial charge in [-0.25, -0.2) is 9.97 Å². The highest BCUT2D eigenvalue weighted by molar-refractivity contribution is 5.84. The summed E-state index contributed by atoms with van der Waals surface area (Å²) in [6, 6.07) is 10.1. The molecule has 0 saturated carbocycles. The Balaban J connectivity index is 2.12. The molecule has 4 nitrogen and oxygen atoms in total. The quantitative estimate of drug-likeness (QED) is 0.779. The van der Waals surface area contributed by atoms with Gasteiger partial charge in [0.15, 0.2) is 5.76 Å². The number of aryl methyl sites for hydroxylation is 2. The normalized spacial score (nSPS) is 11.0. The Morgan fingerprint density at radius 2 is 2.00 bits per heavy atom. The summed E-state index contributed by atoms with van der Waals surface area (Å²) >= 11 is 0. The van der Waals surface area contributed by atoms with E-state index in [1.807, 2.05) is 18.2 Å². The van der Waals surface area contributed by atoms with Gasteiger partial charge in [-0.3, -0.25) is 0 Å². The lowest BCUT2D eigenvalue weighted by molar-refractivity contribution is 0.625. The number of nitrogens with zero attached hydrogens (tertiary/aromatic N) is 2. The Bertz CT molecular complexity index is 777. The molecule has 0 aliphatic rings. The third-order valence-electron chi connectivity index (χ3n) is 3.44. The number of para-hydroxylation sites is 1. The predicted octanol–water partition coefficient (Wildman–Crippen LogP) is 4.19. The van der Waals surface area contributed by atoms with Crippen molar-refractivity contribution in [2.24, 2.45) is 0 Å². The van der Waals surface area contributed by atoms with E-state index >= 15 is 0 Å². The third-order valence-corrected chi connectivity index (χ3v) is 3.44. The Morgan fingerprint density at radius 3 is 2.71 bits per heavy atom. The van der Waals surface area contributed by atoms with Crippen molar-refractivity contribution in [1.82, 2.24) is 9.97 Å². The summed E-state index contributed by atoms with van der Waals surface area (Å²) in [4.78, 5) is 9.06. The molecule has 0 aliphatic carbocycles. The second-order valence-electron chi connectivity index (χ2n) is 5.04. The number of aromatic nitrogens is 2. The SMILES string of the molecule is CCNc1cc(-c2cc3cccc(C)c3o2)nc(CC)n1. The molecule has 3 rings (SSSR count). The number of hydrogen-bond acceptors (Lipinski definition) is 4. The van der Waals surface area contributed by atoms with Crippen molar-refractivity contribution in [1.29, 1.82) is 0 Å². The molecule has 3 aromatic rings. The molecule has 0 amide bonds. The Kier molecular flexibility index (Phi) is 3.60. The van der Waals surface area contributed by atoms with Crippen LogP contribution >= 0.6 is 0 Å². The van der Waals surface area contributed by atoms with Gasteiger partial charge in [0.1, 0.15) is 22.9 Å². The molecule has 108 valence electrons. The lowest BCUT2D eigenvalue weighted by Gasteiger charge is -2.06. The smallest absolute Gasteiger partial charge is 0.154 e. The van der Waals surface area contributed by atoms with Gasteiger partial charge in [-0.05, 0) is 25.5 Å². The molecular formula is C17H19N3O. The summed E-state index contributed by atoms with van der Waals surface area (Å²) in [5, 5.41) is 4.35. The van der Waals surface area contributed by atoms with Gasteiger partial charge in [0, 0.05) is 24.4 Å². The maximum atomic E-state index is 6.00. The van der Waals surface area contributed by atoms with Crippen molar-refractivity contribution in [3.8, 4) is 11.5 Å². The molecule has 0 radical (unpaired) electrons. The Hall–Kier alpha value is -2.36. The van der Waals surface area contributed by atoms with Gasteiger partial charge in [0.2, 0.25) is 0 Å². The van der Waals surface area contributed by atoms with Gasteiger partial charge in [0.25, 0.3) is 0 Å². The zero-order valence-corrected chi connectivity index (χ0v) is 12.6. The summed E-state index contributed by atoms with van der Waals surface area (Å²) in [6.45, 7) is 6.99. The summed E-state index contributed by atoms with van der Waals surface area (Å²) in [5.74, 6) is 2.45. The van der Waals surface area contributed by atoms with E-state index in [-0.39, 0.29) is 0 Å². The van der Waals surface area contributed by atoms with E-state index < -0.39 is 0 Å². The second-order valence-corrected chi connectivity index (χ2v) is 5.04. The molecule has 0 saturated heterocycles. The van der Waals surface area contributed by atoms with Crippen LogP contribution < -0.4 is 5.32 Å². The summed E-state index contributed by atoms with van der Waals surface area (Å²) in [7, 11) is 0. The molecule has 0 bridgehead atoms. The first-order valence-electron chi connectivity index (χ1n) is 7.32. The predicted molar refractivity (Wildman–Crippen MR) is 85.5 cm³/mol. The molecule has 0 unspecified atom stereocenters. The van der Waals surface area contributed by atoms with Gasteiger partial charge in [-0.1, -0.05) is 25.1 Å². The lowest BCUT2D eigenvalue weighted by atomic mass is 10.2. The highest BCUT2D eigenvalue weighted by Crippen LogP contribution is 2.29. The number of furan rings is 1. The zero-order chi connectivity index (χ0) is 14.8. The number of anilines is 1. The minimum absolute atomic E-state index is 0.788. The molecule has 0 fully saturated rings. The lowest BCUT2D eigenvalue weighted by Crippen LogP contribution is -2.03. The van der Waals surface area contributed by atoms with Gasteiger partial charge in [-0.2, -0.15) is 0 Å². The Morgan fingerprint density at radius 1 is 1.14 bits per heavy atom. The van der Waals surface area contributed by atoms with Gasteiger partial charge < -0.3 is 9.73 Å². The molecular weight excluding hydrogens is 262 g/mol. The van der Waals surface area contributed by atoms with E-state index in [0.717, 1.165) is 52.6 Å². The van der Waals surface area contributed by atoms with E-state index in [0.29, 0.717) is 0 Å². The van der Waals surface area contributed by atoms with E-state index in [1.54, 1.807) is 0 Å². The van der Waals surface area contributed by atoms with Crippen LogP contribution in [0, 0.1) is 6.92 Å². The van der Waals surface area contributed by atoms with Crippen LogP contribution in [0.1, 0.15) is 25.2 Å². The molecule has 0 atom stereocenters.